The number of nitrogens with two attached hydrogens (primary N) is 1. The van der Waals surface area contributed by atoms with E-state index < -0.39 is 0 Å². The Labute approximate surface area is 82.1 Å². The van der Waals surface area contributed by atoms with Crippen LogP contribution >= 0.6 is 0 Å². The molecule has 2 nitrogen and oxygen atoms in total. The maximum atomic E-state index is 13.5. The molecule has 0 amide bonds. The van der Waals surface area contributed by atoms with Crippen LogP contribution in [0.5, 0.6) is 0 Å². The van der Waals surface area contributed by atoms with E-state index in [9.17, 15) is 4.39 Å². The Morgan fingerprint density at radius 3 is 2.79 bits per heavy atom. The van der Waals surface area contributed by atoms with Gasteiger partial charge >= 0.3 is 0 Å². The number of nitrogens with zero attached hydrogens (tertiary/aromatic N) is 1. The Bertz CT molecular complexity index is 485. The zero-order chi connectivity index (χ0) is 10.3. The molecule has 0 bridgehead atoms. The molecule has 0 atom stereocenters. The van der Waals surface area contributed by atoms with E-state index in [-0.39, 0.29) is 5.82 Å². The van der Waals surface area contributed by atoms with Crippen LogP contribution in [0.4, 0.5) is 4.39 Å². The van der Waals surface area contributed by atoms with E-state index in [1.807, 2.05) is 24.6 Å². The van der Waals surface area contributed by atoms with Crippen molar-refractivity contribution < 1.29 is 4.39 Å². The van der Waals surface area contributed by atoms with Gasteiger partial charge in [-0.3, -0.25) is 0 Å². The van der Waals surface area contributed by atoms with Crippen LogP contribution in [0.2, 0.25) is 0 Å². The molecule has 0 aliphatic rings. The van der Waals surface area contributed by atoms with E-state index in [2.05, 4.69) is 0 Å². The lowest BCUT2D eigenvalue weighted by atomic mass is 10.1. The van der Waals surface area contributed by atoms with Gasteiger partial charge in [0.1, 0.15) is 5.82 Å². The number of para-hydroxylation sites is 1. The molecule has 1 aromatic heterocycles. The van der Waals surface area contributed by atoms with Crippen molar-refractivity contribution >= 4 is 10.9 Å². The molecule has 0 saturated heterocycles. The van der Waals surface area contributed by atoms with Crippen molar-refractivity contribution in [1.29, 1.82) is 0 Å². The van der Waals surface area contributed by atoms with Crippen molar-refractivity contribution in [2.75, 3.05) is 0 Å². The van der Waals surface area contributed by atoms with Gasteiger partial charge in [0.15, 0.2) is 0 Å². The summed E-state index contributed by atoms with van der Waals surface area (Å²) in [7, 11) is 1.86. The first-order valence-corrected chi connectivity index (χ1v) is 4.59. The van der Waals surface area contributed by atoms with Gasteiger partial charge in [0.2, 0.25) is 0 Å². The third-order valence-corrected chi connectivity index (χ3v) is 2.79. The minimum absolute atomic E-state index is 0.187. The topological polar surface area (TPSA) is 30.9 Å². The molecule has 0 saturated carbocycles. The van der Waals surface area contributed by atoms with Crippen molar-refractivity contribution in [3.05, 3.63) is 35.3 Å². The number of aromatic nitrogens is 1. The number of benzene rings is 1. The summed E-state index contributed by atoms with van der Waals surface area (Å²) in [6, 6.07) is 5.10. The molecule has 0 aliphatic heterocycles. The fraction of sp³-hybridized carbons (Fsp3) is 0.273. The Morgan fingerprint density at radius 2 is 2.14 bits per heavy atom. The zero-order valence-corrected chi connectivity index (χ0v) is 8.34. The van der Waals surface area contributed by atoms with Gasteiger partial charge < -0.3 is 10.3 Å². The summed E-state index contributed by atoms with van der Waals surface area (Å²) in [4.78, 5) is 0. The van der Waals surface area contributed by atoms with Crippen LogP contribution in [-0.2, 0) is 13.6 Å². The molecule has 2 N–H and O–H groups in total. The molecule has 0 spiro atoms. The van der Waals surface area contributed by atoms with E-state index in [0.29, 0.717) is 12.1 Å². The minimum atomic E-state index is -0.187. The van der Waals surface area contributed by atoms with Crippen LogP contribution < -0.4 is 5.73 Å². The largest absolute Gasteiger partial charge is 0.345 e. The second-order valence-corrected chi connectivity index (χ2v) is 3.46. The number of aryl methyl sites for hydroxylation is 1. The number of hydrogen-bond donors (Lipinski definition) is 1. The number of rotatable bonds is 1. The smallest absolute Gasteiger partial charge is 0.147 e. The number of fused-ring (bicyclic) bond motifs is 1. The minimum Gasteiger partial charge on any atom is -0.345 e. The average Bonchev–Trinajstić information content (AvgIpc) is 2.41. The molecule has 74 valence electrons. The molecule has 1 aromatic carbocycles. The Balaban J connectivity index is 2.95. The molecular formula is C11H13FN2. The van der Waals surface area contributed by atoms with Gasteiger partial charge in [-0.15, -0.1) is 0 Å². The summed E-state index contributed by atoms with van der Waals surface area (Å²) < 4.78 is 15.4. The normalized spacial score (nSPS) is 11.1. The van der Waals surface area contributed by atoms with Crippen molar-refractivity contribution in [2.24, 2.45) is 12.8 Å². The highest BCUT2D eigenvalue weighted by molar-refractivity contribution is 5.85. The Kier molecular flexibility index (Phi) is 2.04. The maximum absolute atomic E-state index is 13.5. The molecule has 0 radical (unpaired) electrons. The summed E-state index contributed by atoms with van der Waals surface area (Å²) in [6.45, 7) is 2.41. The molecule has 0 aliphatic carbocycles. The van der Waals surface area contributed by atoms with Crippen LogP contribution in [0.1, 0.15) is 11.3 Å². The molecule has 2 aromatic rings. The summed E-state index contributed by atoms with van der Waals surface area (Å²) in [5.74, 6) is -0.187. The zero-order valence-electron chi connectivity index (χ0n) is 8.34. The SMILES string of the molecule is Cc1c(CN)c2cccc(F)c2n1C. The van der Waals surface area contributed by atoms with Crippen LogP contribution in [-0.4, -0.2) is 4.57 Å². The monoisotopic (exact) mass is 192 g/mol. The molecular weight excluding hydrogens is 179 g/mol. The van der Waals surface area contributed by atoms with Gasteiger partial charge in [0.05, 0.1) is 5.52 Å². The molecule has 1 heterocycles. The van der Waals surface area contributed by atoms with Crippen molar-refractivity contribution in [3.63, 3.8) is 0 Å². The van der Waals surface area contributed by atoms with Gasteiger partial charge in [-0.2, -0.15) is 0 Å². The first-order chi connectivity index (χ1) is 6.66. The van der Waals surface area contributed by atoms with Gasteiger partial charge in [-0.1, -0.05) is 12.1 Å². The lowest BCUT2D eigenvalue weighted by Gasteiger charge is -1.99. The summed E-state index contributed by atoms with van der Waals surface area (Å²) >= 11 is 0. The van der Waals surface area contributed by atoms with E-state index in [4.69, 9.17) is 5.73 Å². The predicted octanol–water partition coefficient (Wildman–Crippen LogP) is 2.08. The molecule has 0 unspecified atom stereocenters. The maximum Gasteiger partial charge on any atom is 0.147 e. The first-order valence-electron chi connectivity index (χ1n) is 4.59. The lowest BCUT2D eigenvalue weighted by molar-refractivity contribution is 0.631. The van der Waals surface area contributed by atoms with Gasteiger partial charge in [-0.25, -0.2) is 4.39 Å². The third-order valence-electron chi connectivity index (χ3n) is 2.79. The van der Waals surface area contributed by atoms with Crippen LogP contribution in [0.25, 0.3) is 10.9 Å². The van der Waals surface area contributed by atoms with Crippen LogP contribution in [0.15, 0.2) is 18.2 Å². The van der Waals surface area contributed by atoms with Gasteiger partial charge in [-0.05, 0) is 18.6 Å². The lowest BCUT2D eigenvalue weighted by Crippen LogP contribution is -1.99. The number of halogens is 1. The van der Waals surface area contributed by atoms with E-state index >= 15 is 0 Å². The van der Waals surface area contributed by atoms with Gasteiger partial charge in [0, 0.05) is 24.7 Å². The number of hydrogen-bond acceptors (Lipinski definition) is 1. The molecule has 2 rings (SSSR count). The molecule has 0 fully saturated rings. The molecule has 3 heteroatoms. The van der Waals surface area contributed by atoms with Crippen LogP contribution in [0, 0.1) is 12.7 Å². The fourth-order valence-electron chi connectivity index (χ4n) is 1.92. The van der Waals surface area contributed by atoms with Crippen molar-refractivity contribution in [1.82, 2.24) is 4.57 Å². The highest BCUT2D eigenvalue weighted by Gasteiger charge is 2.12. The van der Waals surface area contributed by atoms with Gasteiger partial charge in [0.25, 0.3) is 0 Å². The van der Waals surface area contributed by atoms with E-state index in [0.717, 1.165) is 16.6 Å². The summed E-state index contributed by atoms with van der Waals surface area (Å²) in [5.41, 5.74) is 8.35. The second kappa shape index (κ2) is 3.10. The van der Waals surface area contributed by atoms with E-state index in [1.165, 1.54) is 6.07 Å². The summed E-state index contributed by atoms with van der Waals surface area (Å²) in [5, 5.41) is 0.924. The average molecular weight is 192 g/mol. The Morgan fingerprint density at radius 1 is 1.43 bits per heavy atom. The van der Waals surface area contributed by atoms with Crippen molar-refractivity contribution in [2.45, 2.75) is 13.5 Å². The van der Waals surface area contributed by atoms with Crippen molar-refractivity contribution in [3.8, 4) is 0 Å². The highest BCUT2D eigenvalue weighted by atomic mass is 19.1. The van der Waals surface area contributed by atoms with E-state index in [1.54, 1.807) is 6.07 Å². The van der Waals surface area contributed by atoms with Crippen LogP contribution in [0.3, 0.4) is 0 Å². The quantitative estimate of drug-likeness (QED) is 0.736. The second-order valence-electron chi connectivity index (χ2n) is 3.46. The fourth-order valence-corrected chi connectivity index (χ4v) is 1.92. The highest BCUT2D eigenvalue weighted by Crippen LogP contribution is 2.26. The summed E-state index contributed by atoms with van der Waals surface area (Å²) in [6.07, 6.45) is 0. The first kappa shape index (κ1) is 9.21. The predicted molar refractivity (Wildman–Crippen MR) is 55.5 cm³/mol. The standard InChI is InChI=1S/C11H13FN2/c1-7-9(6-13)8-4-3-5-10(12)11(8)14(7)2/h3-5H,6,13H2,1-2H3. The molecule has 14 heavy (non-hydrogen) atoms. The third kappa shape index (κ3) is 1.06. The Hall–Kier alpha value is -1.35.